The average molecular weight is 416 g/mol. The normalized spacial score (nSPS) is 16.5. The van der Waals surface area contributed by atoms with Crippen molar-refractivity contribution in [1.29, 1.82) is 0 Å². The number of aromatic nitrogens is 1. The van der Waals surface area contributed by atoms with Gasteiger partial charge in [0.05, 0.1) is 23.0 Å². The lowest BCUT2D eigenvalue weighted by atomic mass is 10.1. The van der Waals surface area contributed by atoms with E-state index in [-0.39, 0.29) is 25.0 Å². The minimum absolute atomic E-state index is 0.00758. The van der Waals surface area contributed by atoms with Crippen LogP contribution in [0.15, 0.2) is 23.6 Å². The van der Waals surface area contributed by atoms with Gasteiger partial charge in [0.1, 0.15) is 12.3 Å². The molecule has 3 heterocycles. The molecular formula is C21H25N3O4S. The molecule has 1 fully saturated rings. The van der Waals surface area contributed by atoms with Gasteiger partial charge in [-0.2, -0.15) is 0 Å². The van der Waals surface area contributed by atoms with E-state index in [0.717, 1.165) is 55.0 Å². The number of fused-ring (bicyclic) bond motifs is 1. The lowest BCUT2D eigenvalue weighted by molar-refractivity contribution is -0.132. The van der Waals surface area contributed by atoms with Crippen molar-refractivity contribution in [1.82, 2.24) is 9.88 Å². The van der Waals surface area contributed by atoms with Crippen LogP contribution < -0.4 is 9.64 Å². The summed E-state index contributed by atoms with van der Waals surface area (Å²) >= 11 is 1.59. The summed E-state index contributed by atoms with van der Waals surface area (Å²) in [6.45, 7) is 2.18. The number of nitrogens with zero attached hydrogens (tertiary/aromatic N) is 3. The number of carbonyl (C=O) groups excluding carboxylic acids is 2. The van der Waals surface area contributed by atoms with Gasteiger partial charge in [-0.3, -0.25) is 14.5 Å². The highest BCUT2D eigenvalue weighted by Crippen LogP contribution is 2.36. The molecule has 0 bridgehead atoms. The third-order valence-corrected chi connectivity index (χ3v) is 6.18. The molecule has 0 radical (unpaired) electrons. The highest BCUT2D eigenvalue weighted by molar-refractivity contribution is 7.09. The molecule has 1 aromatic carbocycles. The van der Waals surface area contributed by atoms with E-state index in [4.69, 9.17) is 9.47 Å². The molecule has 0 aliphatic carbocycles. The van der Waals surface area contributed by atoms with Crippen molar-refractivity contribution in [2.45, 2.75) is 25.7 Å². The fraction of sp³-hybridized carbons (Fsp3) is 0.476. The maximum atomic E-state index is 12.7. The number of benzene rings is 1. The first kappa shape index (κ1) is 19.8. The average Bonchev–Trinajstić information content (AvgIpc) is 3.23. The first-order valence-electron chi connectivity index (χ1n) is 9.94. The van der Waals surface area contributed by atoms with Crippen molar-refractivity contribution >= 4 is 28.8 Å². The van der Waals surface area contributed by atoms with E-state index in [1.807, 2.05) is 28.5 Å². The van der Waals surface area contributed by atoms with Crippen LogP contribution in [-0.4, -0.2) is 61.7 Å². The molecule has 0 unspecified atom stereocenters. The zero-order valence-corrected chi connectivity index (χ0v) is 17.4. The van der Waals surface area contributed by atoms with E-state index in [1.54, 1.807) is 23.3 Å². The van der Waals surface area contributed by atoms with Gasteiger partial charge in [-0.15, -0.1) is 11.3 Å². The summed E-state index contributed by atoms with van der Waals surface area (Å²) in [4.78, 5) is 33.4. The number of hydrogen-bond donors (Lipinski definition) is 0. The predicted molar refractivity (Wildman–Crippen MR) is 111 cm³/mol. The van der Waals surface area contributed by atoms with Crippen LogP contribution in [0, 0.1) is 0 Å². The SMILES string of the molecule is COCCc1nc(-c2ccc3c(c2)N(CC(=O)N2CCCCC2)C(=O)CO3)cs1. The van der Waals surface area contributed by atoms with E-state index in [2.05, 4.69) is 4.98 Å². The summed E-state index contributed by atoms with van der Waals surface area (Å²) in [6.07, 6.45) is 3.98. The van der Waals surface area contributed by atoms with Crippen molar-refractivity contribution in [3.8, 4) is 17.0 Å². The predicted octanol–water partition coefficient (Wildman–Crippen LogP) is 2.74. The molecule has 8 heteroatoms. The van der Waals surface area contributed by atoms with Crippen molar-refractivity contribution < 1.29 is 19.1 Å². The lowest BCUT2D eigenvalue weighted by Gasteiger charge is -2.32. The Morgan fingerprint density at radius 2 is 2.10 bits per heavy atom. The molecule has 154 valence electrons. The van der Waals surface area contributed by atoms with Crippen molar-refractivity contribution in [3.63, 3.8) is 0 Å². The largest absolute Gasteiger partial charge is 0.482 e. The van der Waals surface area contributed by atoms with Gasteiger partial charge in [0.2, 0.25) is 5.91 Å². The highest BCUT2D eigenvalue weighted by Gasteiger charge is 2.29. The first-order chi connectivity index (χ1) is 14.2. The second-order valence-corrected chi connectivity index (χ2v) is 8.20. The molecule has 0 atom stereocenters. The zero-order valence-electron chi connectivity index (χ0n) is 16.6. The van der Waals surface area contributed by atoms with Gasteiger partial charge in [-0.25, -0.2) is 4.98 Å². The number of rotatable bonds is 6. The van der Waals surface area contributed by atoms with E-state index in [0.29, 0.717) is 18.0 Å². The summed E-state index contributed by atoms with van der Waals surface area (Å²) in [5, 5.41) is 3.01. The number of piperidine rings is 1. The number of methoxy groups -OCH3 is 1. The van der Waals surface area contributed by atoms with Gasteiger partial charge in [0.25, 0.3) is 5.91 Å². The minimum Gasteiger partial charge on any atom is -0.482 e. The van der Waals surface area contributed by atoms with Crippen LogP contribution in [0.25, 0.3) is 11.3 Å². The van der Waals surface area contributed by atoms with Gasteiger partial charge < -0.3 is 14.4 Å². The Kier molecular flexibility index (Phi) is 6.10. The molecule has 1 saturated heterocycles. The second-order valence-electron chi connectivity index (χ2n) is 7.26. The lowest BCUT2D eigenvalue weighted by Crippen LogP contribution is -2.47. The fourth-order valence-corrected chi connectivity index (χ4v) is 4.45. The van der Waals surface area contributed by atoms with E-state index in [9.17, 15) is 9.59 Å². The van der Waals surface area contributed by atoms with Crippen LogP contribution in [0.4, 0.5) is 5.69 Å². The molecule has 2 aliphatic rings. The third kappa shape index (κ3) is 4.43. The molecular weight excluding hydrogens is 390 g/mol. The monoisotopic (exact) mass is 415 g/mol. The van der Waals surface area contributed by atoms with Gasteiger partial charge in [0.15, 0.2) is 6.61 Å². The van der Waals surface area contributed by atoms with E-state index >= 15 is 0 Å². The summed E-state index contributed by atoms with van der Waals surface area (Å²) in [6, 6.07) is 5.68. The maximum Gasteiger partial charge on any atom is 0.265 e. The van der Waals surface area contributed by atoms with Gasteiger partial charge >= 0.3 is 0 Å². The number of anilines is 1. The summed E-state index contributed by atoms with van der Waals surface area (Å²) in [5.74, 6) is 0.417. The number of ether oxygens (including phenoxy) is 2. The quantitative estimate of drug-likeness (QED) is 0.725. The van der Waals surface area contributed by atoms with Crippen molar-refractivity contribution in [3.05, 3.63) is 28.6 Å². The topological polar surface area (TPSA) is 72.0 Å². The Morgan fingerprint density at radius 1 is 1.28 bits per heavy atom. The molecule has 1 aromatic heterocycles. The van der Waals surface area contributed by atoms with Crippen LogP contribution in [-0.2, 0) is 20.7 Å². The number of hydrogen-bond acceptors (Lipinski definition) is 6. The highest BCUT2D eigenvalue weighted by atomic mass is 32.1. The second kappa shape index (κ2) is 8.92. The zero-order chi connectivity index (χ0) is 20.2. The molecule has 2 aliphatic heterocycles. The minimum atomic E-state index is -0.195. The summed E-state index contributed by atoms with van der Waals surface area (Å²) < 4.78 is 10.7. The molecule has 0 spiro atoms. The Morgan fingerprint density at radius 3 is 2.90 bits per heavy atom. The Hall–Kier alpha value is -2.45. The fourth-order valence-electron chi connectivity index (χ4n) is 3.66. The molecule has 29 heavy (non-hydrogen) atoms. The molecule has 2 aromatic rings. The molecule has 7 nitrogen and oxygen atoms in total. The summed E-state index contributed by atoms with van der Waals surface area (Å²) in [7, 11) is 1.68. The standard InChI is InChI=1S/C21H25N3O4S/c1-27-10-7-19-22-16(14-29-19)15-5-6-18-17(11-15)24(21(26)13-28-18)12-20(25)23-8-3-2-4-9-23/h5-6,11,14H,2-4,7-10,12-13H2,1H3. The number of thiazole rings is 1. The number of amides is 2. The molecule has 0 N–H and O–H groups in total. The molecule has 0 saturated carbocycles. The van der Waals surface area contributed by atoms with Gasteiger partial charge in [-0.05, 0) is 37.5 Å². The Balaban J connectivity index is 1.56. The molecule has 4 rings (SSSR count). The van der Waals surface area contributed by atoms with Crippen molar-refractivity contribution in [2.75, 3.05) is 44.9 Å². The van der Waals surface area contributed by atoms with Gasteiger partial charge in [-0.1, -0.05) is 0 Å². The van der Waals surface area contributed by atoms with Gasteiger partial charge in [0, 0.05) is 37.6 Å². The Bertz CT molecular complexity index is 892. The van der Waals surface area contributed by atoms with E-state index < -0.39 is 0 Å². The van der Waals surface area contributed by atoms with Crippen molar-refractivity contribution in [2.24, 2.45) is 0 Å². The van der Waals surface area contributed by atoms with E-state index in [1.165, 1.54) is 0 Å². The van der Waals surface area contributed by atoms with Crippen LogP contribution in [0.2, 0.25) is 0 Å². The van der Waals surface area contributed by atoms with Crippen LogP contribution in [0.5, 0.6) is 5.75 Å². The maximum absolute atomic E-state index is 12.7. The smallest absolute Gasteiger partial charge is 0.265 e. The third-order valence-electron chi connectivity index (χ3n) is 5.27. The van der Waals surface area contributed by atoms with Crippen LogP contribution in [0.1, 0.15) is 24.3 Å². The number of likely N-dealkylation sites (tertiary alicyclic amines) is 1. The Labute approximate surface area is 174 Å². The first-order valence-corrected chi connectivity index (χ1v) is 10.8. The summed E-state index contributed by atoms with van der Waals surface area (Å²) in [5.41, 5.74) is 2.39. The van der Waals surface area contributed by atoms with Crippen LogP contribution in [0.3, 0.4) is 0 Å². The molecule has 2 amide bonds. The van der Waals surface area contributed by atoms with Crippen LogP contribution >= 0.6 is 11.3 Å². The number of carbonyl (C=O) groups is 2.